The molecule has 1 fully saturated rings. The van der Waals surface area contributed by atoms with Gasteiger partial charge in [-0.15, -0.1) is 0 Å². The van der Waals surface area contributed by atoms with E-state index in [0.29, 0.717) is 18.3 Å². The minimum absolute atomic E-state index is 0.149. The van der Waals surface area contributed by atoms with Crippen molar-refractivity contribution in [1.29, 1.82) is 0 Å². The van der Waals surface area contributed by atoms with Gasteiger partial charge in [0.05, 0.1) is 6.54 Å². The average Bonchev–Trinajstić information content (AvgIpc) is 3.10. The molecule has 2 aromatic rings. The van der Waals surface area contributed by atoms with Gasteiger partial charge in [-0.05, 0) is 25.0 Å². The van der Waals surface area contributed by atoms with Gasteiger partial charge in [0.2, 0.25) is 0 Å². The fourth-order valence-electron chi connectivity index (χ4n) is 2.69. The molecule has 2 aromatic heterocycles. The molecule has 1 aliphatic rings. The lowest BCUT2D eigenvalue weighted by molar-refractivity contribution is 0.245. The summed E-state index contributed by atoms with van der Waals surface area (Å²) in [5, 5.41) is 3.91. The van der Waals surface area contributed by atoms with Gasteiger partial charge in [-0.25, -0.2) is 0 Å². The fraction of sp³-hybridized carbons (Fsp3) is 0.500. The summed E-state index contributed by atoms with van der Waals surface area (Å²) in [6.45, 7) is 0.325. The molecule has 0 atom stereocenters. The van der Waals surface area contributed by atoms with Crippen molar-refractivity contribution in [3.8, 4) is 0 Å². The lowest BCUT2D eigenvalue weighted by atomic mass is 9.97. The van der Waals surface area contributed by atoms with Crippen molar-refractivity contribution in [3.63, 3.8) is 0 Å². The van der Waals surface area contributed by atoms with Gasteiger partial charge in [-0.1, -0.05) is 18.0 Å². The molecule has 0 amide bonds. The van der Waals surface area contributed by atoms with Gasteiger partial charge in [0.15, 0.2) is 5.82 Å². The summed E-state index contributed by atoms with van der Waals surface area (Å²) in [6, 6.07) is 4.06. The van der Waals surface area contributed by atoms with Gasteiger partial charge in [0.25, 0.3) is 5.89 Å². The highest BCUT2D eigenvalue weighted by Gasteiger charge is 2.41. The molecule has 2 heterocycles. The first kappa shape index (κ1) is 10.5. The Bertz CT molecular complexity index is 482. The minimum Gasteiger partial charge on any atom is -0.339 e. The van der Waals surface area contributed by atoms with Crippen LogP contribution in [0.25, 0.3) is 0 Å². The molecule has 0 aromatic carbocycles. The van der Waals surface area contributed by atoms with E-state index < -0.39 is 0 Å². The van der Waals surface area contributed by atoms with Crippen molar-refractivity contribution in [3.05, 3.63) is 36.2 Å². The molecule has 3 rings (SSSR count). The Labute approximate surface area is 99.6 Å². The Balaban J connectivity index is 2.05. The molecule has 1 saturated carbocycles. The van der Waals surface area contributed by atoms with Crippen LogP contribution in [-0.4, -0.2) is 14.7 Å². The molecule has 0 unspecified atom stereocenters. The Kier molecular flexibility index (Phi) is 2.48. The van der Waals surface area contributed by atoms with Crippen LogP contribution in [0, 0.1) is 0 Å². The third kappa shape index (κ3) is 1.58. The highest BCUT2D eigenvalue weighted by molar-refractivity contribution is 5.12. The predicted molar refractivity (Wildman–Crippen MR) is 62.2 cm³/mol. The average molecular weight is 232 g/mol. The maximum Gasteiger partial charge on any atom is 0.252 e. The van der Waals surface area contributed by atoms with Crippen LogP contribution in [0.1, 0.15) is 37.4 Å². The van der Waals surface area contributed by atoms with Crippen molar-refractivity contribution in [2.24, 2.45) is 5.73 Å². The Morgan fingerprint density at radius 3 is 2.59 bits per heavy atom. The second kappa shape index (κ2) is 4.00. The maximum absolute atomic E-state index is 5.53. The quantitative estimate of drug-likeness (QED) is 0.873. The van der Waals surface area contributed by atoms with Gasteiger partial charge in [-0.2, -0.15) is 4.98 Å². The number of nitrogens with zero attached hydrogens (tertiary/aromatic N) is 3. The zero-order chi connectivity index (χ0) is 11.7. The predicted octanol–water partition coefficient (Wildman–Crippen LogP) is 1.65. The highest BCUT2D eigenvalue weighted by atomic mass is 16.5. The third-order valence-corrected chi connectivity index (χ3v) is 3.58. The molecule has 5 nitrogen and oxygen atoms in total. The van der Waals surface area contributed by atoms with Crippen LogP contribution in [0.4, 0.5) is 0 Å². The van der Waals surface area contributed by atoms with Crippen LogP contribution in [0.5, 0.6) is 0 Å². The lowest BCUT2D eigenvalue weighted by Gasteiger charge is -2.26. The van der Waals surface area contributed by atoms with Crippen molar-refractivity contribution in [1.82, 2.24) is 14.7 Å². The van der Waals surface area contributed by atoms with E-state index in [4.69, 9.17) is 10.3 Å². The van der Waals surface area contributed by atoms with Crippen LogP contribution in [0.3, 0.4) is 0 Å². The molecule has 1 aliphatic carbocycles. The van der Waals surface area contributed by atoms with E-state index in [1.54, 1.807) is 0 Å². The number of hydrogen-bond acceptors (Lipinski definition) is 4. The smallest absolute Gasteiger partial charge is 0.252 e. The van der Waals surface area contributed by atoms with Gasteiger partial charge in [-0.3, -0.25) is 0 Å². The fourth-order valence-corrected chi connectivity index (χ4v) is 2.69. The molecular formula is C12H16N4O. The summed E-state index contributed by atoms with van der Waals surface area (Å²) in [7, 11) is 0. The van der Waals surface area contributed by atoms with E-state index in [0.717, 1.165) is 12.8 Å². The molecule has 90 valence electrons. The minimum atomic E-state index is -0.149. The van der Waals surface area contributed by atoms with Gasteiger partial charge >= 0.3 is 0 Å². The Morgan fingerprint density at radius 1 is 1.29 bits per heavy atom. The first-order valence-corrected chi connectivity index (χ1v) is 6.02. The van der Waals surface area contributed by atoms with Crippen molar-refractivity contribution in [2.45, 2.75) is 37.8 Å². The number of aromatic nitrogens is 3. The first-order chi connectivity index (χ1) is 8.35. The molecule has 0 aliphatic heterocycles. The monoisotopic (exact) mass is 232 g/mol. The number of hydrogen-bond donors (Lipinski definition) is 1. The zero-order valence-electron chi connectivity index (χ0n) is 9.67. The summed E-state index contributed by atoms with van der Waals surface area (Å²) in [6.07, 6.45) is 8.62. The SMILES string of the molecule is NCc1noc(C2(n3cccc3)CCCC2)n1. The summed E-state index contributed by atoms with van der Waals surface area (Å²) < 4.78 is 7.59. The van der Waals surface area contributed by atoms with Crippen LogP contribution >= 0.6 is 0 Å². The standard InChI is InChI=1S/C12H16N4O/c13-9-10-14-11(17-15-10)12(5-1-2-6-12)16-7-3-4-8-16/h3-4,7-8H,1-2,5-6,9,13H2. The maximum atomic E-state index is 5.53. The molecular weight excluding hydrogens is 216 g/mol. The molecule has 0 bridgehead atoms. The van der Waals surface area contributed by atoms with Crippen molar-refractivity contribution >= 4 is 0 Å². The number of rotatable bonds is 3. The second-order valence-electron chi connectivity index (χ2n) is 4.55. The Morgan fingerprint density at radius 2 is 2.00 bits per heavy atom. The molecule has 0 saturated heterocycles. The van der Waals surface area contributed by atoms with E-state index in [1.165, 1.54) is 12.8 Å². The summed E-state index contributed by atoms with van der Waals surface area (Å²) in [5.74, 6) is 1.28. The lowest BCUT2D eigenvalue weighted by Crippen LogP contribution is -2.31. The van der Waals surface area contributed by atoms with Crippen LogP contribution in [0.15, 0.2) is 29.0 Å². The third-order valence-electron chi connectivity index (χ3n) is 3.58. The van der Waals surface area contributed by atoms with E-state index in [9.17, 15) is 0 Å². The van der Waals surface area contributed by atoms with Crippen LogP contribution in [0.2, 0.25) is 0 Å². The molecule has 0 spiro atoms. The molecule has 5 heteroatoms. The number of nitrogens with two attached hydrogens (primary N) is 1. The Hall–Kier alpha value is -1.62. The van der Waals surface area contributed by atoms with Crippen LogP contribution in [-0.2, 0) is 12.1 Å². The van der Waals surface area contributed by atoms with E-state index >= 15 is 0 Å². The zero-order valence-corrected chi connectivity index (χ0v) is 9.67. The van der Waals surface area contributed by atoms with Gasteiger partial charge < -0.3 is 14.8 Å². The van der Waals surface area contributed by atoms with Crippen molar-refractivity contribution in [2.75, 3.05) is 0 Å². The molecule has 0 radical (unpaired) electrons. The van der Waals surface area contributed by atoms with E-state index in [2.05, 4.69) is 27.1 Å². The normalized spacial score (nSPS) is 18.6. The summed E-state index contributed by atoms with van der Waals surface area (Å²) in [4.78, 5) is 4.42. The van der Waals surface area contributed by atoms with E-state index in [1.807, 2.05) is 12.1 Å². The topological polar surface area (TPSA) is 69.9 Å². The second-order valence-corrected chi connectivity index (χ2v) is 4.55. The molecule has 17 heavy (non-hydrogen) atoms. The van der Waals surface area contributed by atoms with Gasteiger partial charge in [0.1, 0.15) is 5.54 Å². The van der Waals surface area contributed by atoms with Crippen molar-refractivity contribution < 1.29 is 4.52 Å². The van der Waals surface area contributed by atoms with Gasteiger partial charge in [0, 0.05) is 12.4 Å². The molecule has 2 N–H and O–H groups in total. The van der Waals surface area contributed by atoms with Crippen LogP contribution < -0.4 is 5.73 Å². The highest BCUT2D eigenvalue weighted by Crippen LogP contribution is 2.41. The first-order valence-electron chi connectivity index (χ1n) is 6.02. The largest absolute Gasteiger partial charge is 0.339 e. The van der Waals surface area contributed by atoms with E-state index in [-0.39, 0.29) is 5.54 Å². The summed E-state index contributed by atoms with van der Waals surface area (Å²) in [5.41, 5.74) is 5.38. The summed E-state index contributed by atoms with van der Waals surface area (Å²) >= 11 is 0.